The highest BCUT2D eigenvalue weighted by molar-refractivity contribution is 5.91. The molecule has 3 aliphatic heterocycles. The molecule has 0 unspecified atom stereocenters. The van der Waals surface area contributed by atoms with Crippen LogP contribution >= 0.6 is 0 Å². The zero-order chi connectivity index (χ0) is 20.3. The number of likely N-dealkylation sites (tertiary alicyclic amines) is 1. The number of H-pyrrole nitrogens is 1. The highest BCUT2D eigenvalue weighted by atomic mass is 16.5. The Kier molecular flexibility index (Phi) is 3.95. The van der Waals surface area contributed by atoms with Gasteiger partial charge in [0, 0.05) is 30.8 Å². The lowest BCUT2D eigenvalue weighted by Crippen LogP contribution is -2.44. The Balaban J connectivity index is 1.15. The highest BCUT2D eigenvalue weighted by Gasteiger charge is 2.63. The van der Waals surface area contributed by atoms with Crippen molar-refractivity contribution in [1.82, 2.24) is 40.2 Å². The van der Waals surface area contributed by atoms with Gasteiger partial charge in [-0.2, -0.15) is 4.98 Å². The number of nitrogens with zero attached hydrogens (tertiary/aromatic N) is 6. The van der Waals surface area contributed by atoms with Gasteiger partial charge in [0.1, 0.15) is 12.7 Å². The van der Waals surface area contributed by atoms with Crippen LogP contribution in [-0.4, -0.2) is 78.0 Å². The average Bonchev–Trinajstić information content (AvgIpc) is 3.50. The maximum Gasteiger partial charge on any atom is 0.291 e. The molecule has 2 bridgehead atoms. The zero-order valence-corrected chi connectivity index (χ0v) is 16.5. The molecule has 3 saturated heterocycles. The largest absolute Gasteiger partial charge is 0.369 e. The third-order valence-electron chi connectivity index (χ3n) is 7.38. The summed E-state index contributed by atoms with van der Waals surface area (Å²) in [7, 11) is 0. The molecule has 2 aromatic rings. The molecule has 11 nitrogen and oxygen atoms in total. The van der Waals surface area contributed by atoms with Gasteiger partial charge in [0.15, 0.2) is 0 Å². The Morgan fingerprint density at radius 2 is 2.10 bits per heavy atom. The molecule has 2 aromatic heterocycles. The van der Waals surface area contributed by atoms with Gasteiger partial charge in [0.25, 0.3) is 11.9 Å². The maximum absolute atomic E-state index is 13.1. The molecule has 30 heavy (non-hydrogen) atoms. The van der Waals surface area contributed by atoms with Gasteiger partial charge in [-0.1, -0.05) is 6.42 Å². The van der Waals surface area contributed by atoms with E-state index in [1.807, 2.05) is 4.90 Å². The van der Waals surface area contributed by atoms with Crippen molar-refractivity contribution < 1.29 is 14.3 Å². The highest BCUT2D eigenvalue weighted by Crippen LogP contribution is 2.54. The lowest BCUT2D eigenvalue weighted by molar-refractivity contribution is -0.127. The molecule has 4 atom stereocenters. The molecule has 4 fully saturated rings. The summed E-state index contributed by atoms with van der Waals surface area (Å²) >= 11 is 0. The van der Waals surface area contributed by atoms with Crippen LogP contribution in [0.4, 0.5) is 0 Å². The molecule has 5 heterocycles. The first-order valence-electron chi connectivity index (χ1n) is 10.7. The van der Waals surface area contributed by atoms with Crippen molar-refractivity contribution in [2.45, 2.75) is 43.8 Å². The fourth-order valence-corrected chi connectivity index (χ4v) is 5.57. The Labute approximate surface area is 172 Å². The van der Waals surface area contributed by atoms with E-state index in [-0.39, 0.29) is 47.1 Å². The fraction of sp³-hybridized carbons (Fsp3) is 0.684. The molecule has 6 rings (SSSR count). The first-order valence-corrected chi connectivity index (χ1v) is 10.7. The van der Waals surface area contributed by atoms with Crippen LogP contribution in [0.25, 0.3) is 5.95 Å². The molecular formula is C19H24N8O3. The quantitative estimate of drug-likeness (QED) is 0.702. The summed E-state index contributed by atoms with van der Waals surface area (Å²) in [5.74, 6) is 1.19. The Bertz CT molecular complexity index is 970. The first-order chi connectivity index (χ1) is 14.6. The fourth-order valence-electron chi connectivity index (χ4n) is 5.57. The van der Waals surface area contributed by atoms with Gasteiger partial charge in [-0.15, -0.1) is 15.3 Å². The number of carbonyl (C=O) groups excluding carboxylic acids is 2. The second kappa shape index (κ2) is 6.59. The van der Waals surface area contributed by atoms with Crippen molar-refractivity contribution in [2.75, 3.05) is 19.6 Å². The van der Waals surface area contributed by atoms with Crippen LogP contribution in [0.5, 0.6) is 0 Å². The summed E-state index contributed by atoms with van der Waals surface area (Å²) in [6.45, 7) is 1.80. The minimum absolute atomic E-state index is 0.173. The van der Waals surface area contributed by atoms with E-state index >= 15 is 0 Å². The normalized spacial score (nSPS) is 32.3. The predicted octanol–water partition coefficient (Wildman–Crippen LogP) is -0.0787. The number of nitrogens with one attached hydrogen (secondary N) is 2. The van der Waals surface area contributed by atoms with Crippen LogP contribution in [0.3, 0.4) is 0 Å². The number of hydrogen-bond acceptors (Lipinski definition) is 7. The molecule has 1 aliphatic carbocycles. The topological polar surface area (TPSA) is 131 Å². The van der Waals surface area contributed by atoms with Gasteiger partial charge in [-0.3, -0.25) is 19.3 Å². The number of hydrogen-bond donors (Lipinski definition) is 2. The summed E-state index contributed by atoms with van der Waals surface area (Å²) in [6, 6.07) is 0. The average molecular weight is 412 g/mol. The van der Waals surface area contributed by atoms with Gasteiger partial charge in [0.2, 0.25) is 11.7 Å². The number of carbonyl (C=O) groups is 2. The molecular weight excluding hydrogens is 388 g/mol. The molecule has 1 spiro atoms. The maximum atomic E-state index is 13.1. The van der Waals surface area contributed by atoms with E-state index in [9.17, 15) is 9.59 Å². The van der Waals surface area contributed by atoms with Gasteiger partial charge in [-0.25, -0.2) is 0 Å². The number of rotatable bonds is 5. The zero-order valence-electron chi connectivity index (χ0n) is 16.5. The lowest BCUT2D eigenvalue weighted by Gasteiger charge is -2.30. The summed E-state index contributed by atoms with van der Waals surface area (Å²) < 4.78 is 7.94. The van der Waals surface area contributed by atoms with Crippen LogP contribution in [0.15, 0.2) is 12.7 Å². The van der Waals surface area contributed by atoms with E-state index in [2.05, 4.69) is 30.7 Å². The molecule has 0 radical (unpaired) electrons. The number of amides is 2. The van der Waals surface area contributed by atoms with Crippen LogP contribution in [0, 0.1) is 17.8 Å². The summed E-state index contributed by atoms with van der Waals surface area (Å²) in [6.07, 6.45) is 8.23. The van der Waals surface area contributed by atoms with E-state index in [0.717, 1.165) is 32.1 Å². The van der Waals surface area contributed by atoms with Crippen LogP contribution in [0.1, 0.15) is 42.7 Å². The van der Waals surface area contributed by atoms with Crippen LogP contribution in [-0.2, 0) is 9.53 Å². The molecule has 2 amide bonds. The second-order valence-corrected chi connectivity index (χ2v) is 8.94. The van der Waals surface area contributed by atoms with E-state index in [4.69, 9.17) is 4.74 Å². The number of aromatic nitrogens is 6. The van der Waals surface area contributed by atoms with Crippen molar-refractivity contribution in [1.29, 1.82) is 0 Å². The van der Waals surface area contributed by atoms with Gasteiger partial charge in [-0.05, 0) is 25.7 Å². The number of fused-ring (bicyclic) bond motifs is 1. The smallest absolute Gasteiger partial charge is 0.291 e. The molecule has 4 aliphatic rings. The lowest BCUT2D eigenvalue weighted by atomic mass is 9.73. The first kappa shape index (κ1) is 18.0. The van der Waals surface area contributed by atoms with E-state index < -0.39 is 0 Å². The number of aromatic amines is 1. The van der Waals surface area contributed by atoms with E-state index in [1.165, 1.54) is 17.2 Å². The second-order valence-electron chi connectivity index (χ2n) is 8.94. The standard InChI is InChI=1S/C19H24N8O3/c28-16(11-2-1-3-11)20-6-12-13-7-26(8-19(13)5-4-14(12)30-19)17(29)15-23-18(25-24-15)27-9-21-22-10-27/h9-14H,1-8H2,(H,20,28)(H,23,24,25)/t12-,13+,14+,19+/m0/s1. The predicted molar refractivity (Wildman–Crippen MR) is 101 cm³/mol. The van der Waals surface area contributed by atoms with Gasteiger partial charge in [0.05, 0.1) is 18.2 Å². The minimum Gasteiger partial charge on any atom is -0.369 e. The SMILES string of the molecule is O=C(NC[C@H]1[C@H]2CN(C(=O)c3nc(-n4cnnc4)n[nH]3)C[C@]23CC[C@H]1O3)C1CCC1. The van der Waals surface area contributed by atoms with Crippen molar-refractivity contribution in [3.05, 3.63) is 18.5 Å². The monoisotopic (exact) mass is 412 g/mol. The summed E-state index contributed by atoms with van der Waals surface area (Å²) in [5, 5.41) is 17.4. The molecule has 11 heteroatoms. The van der Waals surface area contributed by atoms with Crippen molar-refractivity contribution >= 4 is 11.8 Å². The van der Waals surface area contributed by atoms with Crippen molar-refractivity contribution in [3.63, 3.8) is 0 Å². The van der Waals surface area contributed by atoms with Gasteiger partial charge >= 0.3 is 0 Å². The third-order valence-corrected chi connectivity index (χ3v) is 7.38. The van der Waals surface area contributed by atoms with Crippen LogP contribution in [0.2, 0.25) is 0 Å². The molecule has 1 saturated carbocycles. The summed E-state index contributed by atoms with van der Waals surface area (Å²) in [5.41, 5.74) is -0.288. The molecule has 158 valence electrons. The third kappa shape index (κ3) is 2.68. The van der Waals surface area contributed by atoms with Gasteiger partial charge < -0.3 is 15.0 Å². The Morgan fingerprint density at radius 3 is 2.87 bits per heavy atom. The number of ether oxygens (including phenoxy) is 1. The molecule has 2 N–H and O–H groups in total. The Hall–Kier alpha value is -2.82. The Morgan fingerprint density at radius 1 is 1.27 bits per heavy atom. The molecule has 0 aromatic carbocycles. The van der Waals surface area contributed by atoms with Crippen molar-refractivity contribution in [2.24, 2.45) is 17.8 Å². The van der Waals surface area contributed by atoms with Crippen molar-refractivity contribution in [3.8, 4) is 5.95 Å². The van der Waals surface area contributed by atoms with Crippen LogP contribution < -0.4 is 5.32 Å². The van der Waals surface area contributed by atoms with E-state index in [1.54, 1.807) is 0 Å². The minimum atomic E-state index is -0.288. The summed E-state index contributed by atoms with van der Waals surface area (Å²) in [4.78, 5) is 31.5. The van der Waals surface area contributed by atoms with E-state index in [0.29, 0.717) is 25.6 Å².